The Kier molecular flexibility index (Phi) is 12.2. The highest BCUT2D eigenvalue weighted by Crippen LogP contribution is 2.34. The number of carbonyl (C=O) groups is 4. The van der Waals surface area contributed by atoms with Crippen molar-refractivity contribution in [1.29, 1.82) is 0 Å². The molecular formula is C45H52N6O5S. The summed E-state index contributed by atoms with van der Waals surface area (Å²) >= 11 is 1.90. The van der Waals surface area contributed by atoms with E-state index in [1.165, 1.54) is 0 Å². The number of amides is 4. The highest BCUT2D eigenvalue weighted by Gasteiger charge is 2.42. The topological polar surface area (TPSA) is 126 Å². The molecule has 0 saturated carbocycles. The number of thioether (sulfide) groups is 1. The number of hydrogen-bond acceptors (Lipinski definition) is 7. The summed E-state index contributed by atoms with van der Waals surface area (Å²) in [7, 11) is 3.46. The fourth-order valence-corrected chi connectivity index (χ4v) is 9.72. The van der Waals surface area contributed by atoms with Crippen molar-refractivity contribution in [2.75, 3.05) is 26.5 Å². The van der Waals surface area contributed by atoms with Crippen molar-refractivity contribution in [3.63, 3.8) is 0 Å². The Morgan fingerprint density at radius 2 is 1.77 bits per heavy atom. The van der Waals surface area contributed by atoms with Crippen LogP contribution in [0.4, 0.5) is 4.79 Å². The number of methoxy groups -OCH3 is 1. The molecule has 0 radical (unpaired) electrons. The van der Waals surface area contributed by atoms with Crippen LogP contribution in [0.3, 0.4) is 0 Å². The Morgan fingerprint density at radius 3 is 2.47 bits per heavy atom. The number of fused-ring (bicyclic) bond motifs is 1. The maximum atomic E-state index is 13.9. The van der Waals surface area contributed by atoms with Crippen molar-refractivity contribution in [2.45, 2.75) is 82.8 Å². The van der Waals surface area contributed by atoms with Gasteiger partial charge in [0.25, 0.3) is 0 Å². The minimum atomic E-state index is -0.180. The molecule has 7 rings (SSSR count). The summed E-state index contributed by atoms with van der Waals surface area (Å²) in [5, 5.41) is 6.40. The summed E-state index contributed by atoms with van der Waals surface area (Å²) in [4.78, 5) is 59.9. The molecule has 3 aliphatic heterocycles. The fraction of sp³-hybridized carbons (Fsp3) is 0.400. The van der Waals surface area contributed by atoms with Crippen molar-refractivity contribution >= 4 is 41.5 Å². The third kappa shape index (κ3) is 9.12. The van der Waals surface area contributed by atoms with E-state index in [1.807, 2.05) is 121 Å². The van der Waals surface area contributed by atoms with E-state index in [2.05, 4.69) is 22.5 Å². The Hall–Kier alpha value is -5.36. The lowest BCUT2D eigenvalue weighted by Gasteiger charge is -2.37. The van der Waals surface area contributed by atoms with Crippen molar-refractivity contribution in [1.82, 2.24) is 30.0 Å². The predicted octanol–water partition coefficient (Wildman–Crippen LogP) is 7.12. The third-order valence-electron chi connectivity index (χ3n) is 11.4. The van der Waals surface area contributed by atoms with Gasteiger partial charge in [-0.15, -0.1) is 0 Å². The van der Waals surface area contributed by atoms with Crippen LogP contribution in [0.1, 0.15) is 90.3 Å². The molecule has 2 unspecified atom stereocenters. The van der Waals surface area contributed by atoms with E-state index < -0.39 is 0 Å². The molecule has 12 heteroatoms. The number of aryl methyl sites for hydroxylation is 1. The molecule has 3 aliphatic rings. The van der Waals surface area contributed by atoms with Gasteiger partial charge < -0.3 is 29.7 Å². The second kappa shape index (κ2) is 17.4. The number of rotatable bonds is 14. The van der Waals surface area contributed by atoms with E-state index in [0.29, 0.717) is 48.1 Å². The van der Waals surface area contributed by atoms with Gasteiger partial charge in [-0.3, -0.25) is 14.4 Å². The molecule has 3 aromatic carbocycles. The molecule has 4 aromatic rings. The largest absolute Gasteiger partial charge is 0.495 e. The van der Waals surface area contributed by atoms with E-state index in [9.17, 15) is 19.2 Å². The number of piperidine rings is 1. The highest BCUT2D eigenvalue weighted by atomic mass is 32.2. The molecule has 1 aromatic heterocycles. The Labute approximate surface area is 339 Å². The van der Waals surface area contributed by atoms with Gasteiger partial charge in [-0.05, 0) is 73.9 Å². The van der Waals surface area contributed by atoms with Crippen LogP contribution >= 0.6 is 11.8 Å². The van der Waals surface area contributed by atoms with E-state index in [-0.39, 0.29) is 47.7 Å². The number of urea groups is 1. The number of unbranched alkanes of at least 4 members (excludes halogenated alkanes) is 1. The molecule has 2 N–H and O–H groups in total. The molecule has 0 spiro atoms. The molecule has 3 fully saturated rings. The fourth-order valence-electron chi connectivity index (χ4n) is 8.18. The first kappa shape index (κ1) is 39.9. The van der Waals surface area contributed by atoms with Crippen molar-refractivity contribution in [2.24, 2.45) is 5.92 Å². The molecule has 0 aliphatic carbocycles. The number of likely N-dealkylation sites (tertiary alicyclic amines) is 1. The van der Waals surface area contributed by atoms with Crippen LogP contribution in [0, 0.1) is 12.8 Å². The zero-order valence-electron chi connectivity index (χ0n) is 33.4. The van der Waals surface area contributed by atoms with E-state index in [0.717, 1.165) is 58.7 Å². The van der Waals surface area contributed by atoms with Gasteiger partial charge in [-0.1, -0.05) is 67.9 Å². The van der Waals surface area contributed by atoms with Crippen LogP contribution in [0.25, 0.3) is 11.8 Å². The molecule has 5 atom stereocenters. The van der Waals surface area contributed by atoms with Gasteiger partial charge in [-0.2, -0.15) is 11.8 Å². The second-order valence-corrected chi connectivity index (χ2v) is 17.0. The van der Waals surface area contributed by atoms with Gasteiger partial charge in [0.05, 0.1) is 42.9 Å². The van der Waals surface area contributed by atoms with Gasteiger partial charge in [0.15, 0.2) is 5.78 Å². The third-order valence-corrected chi connectivity index (χ3v) is 12.9. The molecule has 3 saturated heterocycles. The smallest absolute Gasteiger partial charge is 0.315 e. The summed E-state index contributed by atoms with van der Waals surface area (Å²) < 4.78 is 7.63. The number of carbonyl (C=O) groups excluding carboxylic acids is 4. The average molecular weight is 789 g/mol. The van der Waals surface area contributed by atoms with Gasteiger partial charge >= 0.3 is 6.03 Å². The second-order valence-electron chi connectivity index (χ2n) is 15.7. The summed E-state index contributed by atoms with van der Waals surface area (Å²) in [6.45, 7) is 7.26. The summed E-state index contributed by atoms with van der Waals surface area (Å²) in [6, 6.07) is 21.1. The number of benzene rings is 3. The molecule has 57 heavy (non-hydrogen) atoms. The van der Waals surface area contributed by atoms with Crippen molar-refractivity contribution in [3.05, 3.63) is 118 Å². The summed E-state index contributed by atoms with van der Waals surface area (Å²) in [5.74, 6) is 1.95. The summed E-state index contributed by atoms with van der Waals surface area (Å²) in [5.41, 5.74) is 6.52. The molecule has 4 amide bonds. The van der Waals surface area contributed by atoms with Crippen LogP contribution in [0.15, 0.2) is 84.8 Å². The standard InChI is InChI=1S/C45H52N6O5S/c1-28-20-36(21-32-12-19-38(39(22-32)56-5)50-24-29(2)46-27-50)44(54)51(23-28)30(3)33-15-17-35(18-16-33)43(53)34-13-10-31(11-14-34)25-49(4)41(52)9-7-6-8-40-42-37(26-57-40)47-45(55)48-42/h10-19,21-22,24,27-28,30,37,40,42H,6-9,20,23,25-26H2,1-5H3,(H2,47,48,55)/b36-21+/t28-,30-,37?,40-,42?/m0/s1. The number of nitrogens with zero attached hydrogens (tertiary/aromatic N) is 4. The van der Waals surface area contributed by atoms with E-state index in [1.54, 1.807) is 18.3 Å². The first-order chi connectivity index (χ1) is 27.5. The lowest BCUT2D eigenvalue weighted by molar-refractivity contribution is -0.132. The van der Waals surface area contributed by atoms with Gasteiger partial charge in [0.1, 0.15) is 5.75 Å². The Balaban J connectivity index is 0.915. The van der Waals surface area contributed by atoms with Crippen molar-refractivity contribution < 1.29 is 23.9 Å². The van der Waals surface area contributed by atoms with Crippen LogP contribution < -0.4 is 15.4 Å². The van der Waals surface area contributed by atoms with Crippen LogP contribution in [0.2, 0.25) is 0 Å². The van der Waals surface area contributed by atoms with Crippen LogP contribution in [-0.4, -0.2) is 86.8 Å². The number of ether oxygens (including phenoxy) is 1. The normalized spacial score (nSPS) is 21.6. The monoisotopic (exact) mass is 788 g/mol. The lowest BCUT2D eigenvalue weighted by atomic mass is 9.90. The maximum Gasteiger partial charge on any atom is 0.315 e. The van der Waals surface area contributed by atoms with Gasteiger partial charge in [0, 0.05) is 60.5 Å². The number of aromatic nitrogens is 2. The zero-order chi connectivity index (χ0) is 40.2. The van der Waals surface area contributed by atoms with E-state index >= 15 is 0 Å². The SMILES string of the molecule is COc1cc(/C=C2\C[C@H](C)CN([C@@H](C)c3ccc(C(=O)c4ccc(CN(C)C(=O)CCCC[C@@H]5SCC6NC(=O)NC65)cc4)cc3)C2=O)ccc1-n1cnc(C)c1. The molecule has 0 bridgehead atoms. The molecule has 298 valence electrons. The number of imidazole rings is 1. The first-order valence-corrected chi connectivity index (χ1v) is 20.9. The number of hydrogen-bond donors (Lipinski definition) is 2. The number of nitrogens with one attached hydrogen (secondary N) is 2. The maximum absolute atomic E-state index is 13.9. The minimum absolute atomic E-state index is 0.0113. The quantitative estimate of drug-likeness (QED) is 0.0604. The Bertz CT molecular complexity index is 2150. The lowest BCUT2D eigenvalue weighted by Crippen LogP contribution is -2.42. The minimum Gasteiger partial charge on any atom is -0.495 e. The number of ketones is 1. The summed E-state index contributed by atoms with van der Waals surface area (Å²) in [6.07, 6.45) is 9.59. The molecule has 4 heterocycles. The van der Waals surface area contributed by atoms with Gasteiger partial charge in [0.2, 0.25) is 11.8 Å². The highest BCUT2D eigenvalue weighted by molar-refractivity contribution is 8.00. The van der Waals surface area contributed by atoms with E-state index in [4.69, 9.17) is 4.74 Å². The van der Waals surface area contributed by atoms with Crippen LogP contribution in [0.5, 0.6) is 5.75 Å². The molecule has 11 nitrogen and oxygen atoms in total. The first-order valence-electron chi connectivity index (χ1n) is 19.8. The molecular weight excluding hydrogens is 737 g/mol. The zero-order valence-corrected chi connectivity index (χ0v) is 34.2. The van der Waals surface area contributed by atoms with Gasteiger partial charge in [-0.25, -0.2) is 9.78 Å². The predicted molar refractivity (Wildman–Crippen MR) is 223 cm³/mol. The average Bonchev–Trinajstić information content (AvgIpc) is 3.93. The van der Waals surface area contributed by atoms with Crippen LogP contribution in [-0.2, 0) is 16.1 Å². The van der Waals surface area contributed by atoms with Crippen molar-refractivity contribution in [3.8, 4) is 11.4 Å². The Morgan fingerprint density at radius 1 is 1.04 bits per heavy atom.